The molecule has 0 saturated heterocycles. The molecule has 29 heavy (non-hydrogen) atoms. The standard InChI is InChI=1S/C22H22O7/c1-25-17-8-10-18(26-2)16(14-17)7-12-22(24)29-19-9-5-15(13-20(19)27-3)6-11-21(23)28-4/h5-14H,1-4H3/b11-6+,12-7+. The summed E-state index contributed by atoms with van der Waals surface area (Å²) in [6.45, 7) is 0. The number of carbonyl (C=O) groups is 2. The van der Waals surface area contributed by atoms with Crippen molar-refractivity contribution < 1.29 is 33.3 Å². The highest BCUT2D eigenvalue weighted by atomic mass is 16.6. The predicted molar refractivity (Wildman–Crippen MR) is 108 cm³/mol. The molecule has 0 aromatic heterocycles. The van der Waals surface area contributed by atoms with E-state index in [1.807, 2.05) is 0 Å². The zero-order valence-corrected chi connectivity index (χ0v) is 16.6. The van der Waals surface area contributed by atoms with Gasteiger partial charge in [0.1, 0.15) is 11.5 Å². The van der Waals surface area contributed by atoms with Gasteiger partial charge in [0.15, 0.2) is 11.5 Å². The molecule has 0 radical (unpaired) electrons. The van der Waals surface area contributed by atoms with Crippen molar-refractivity contribution in [3.05, 3.63) is 59.7 Å². The van der Waals surface area contributed by atoms with Crippen molar-refractivity contribution in [3.63, 3.8) is 0 Å². The summed E-state index contributed by atoms with van der Waals surface area (Å²) >= 11 is 0. The number of rotatable bonds is 8. The van der Waals surface area contributed by atoms with E-state index >= 15 is 0 Å². The third kappa shape index (κ3) is 6.14. The summed E-state index contributed by atoms with van der Waals surface area (Å²) in [5.41, 5.74) is 1.35. The molecule has 0 unspecified atom stereocenters. The fraction of sp³-hybridized carbons (Fsp3) is 0.182. The topological polar surface area (TPSA) is 80.3 Å². The highest BCUT2D eigenvalue weighted by molar-refractivity contribution is 5.90. The van der Waals surface area contributed by atoms with Crippen molar-refractivity contribution in [2.75, 3.05) is 28.4 Å². The van der Waals surface area contributed by atoms with Crippen LogP contribution in [-0.2, 0) is 14.3 Å². The van der Waals surface area contributed by atoms with Gasteiger partial charge in [-0.25, -0.2) is 9.59 Å². The van der Waals surface area contributed by atoms with Crippen molar-refractivity contribution in [1.82, 2.24) is 0 Å². The Kier molecular flexibility index (Phi) is 7.85. The van der Waals surface area contributed by atoms with E-state index in [1.165, 1.54) is 26.4 Å². The molecule has 2 aromatic rings. The average molecular weight is 398 g/mol. The number of esters is 2. The molecule has 0 aliphatic carbocycles. The molecule has 152 valence electrons. The first-order valence-corrected chi connectivity index (χ1v) is 8.56. The third-order valence-corrected chi connectivity index (χ3v) is 3.85. The van der Waals surface area contributed by atoms with Gasteiger partial charge in [-0.2, -0.15) is 0 Å². The first-order chi connectivity index (χ1) is 14.0. The number of methoxy groups -OCH3 is 4. The second kappa shape index (κ2) is 10.6. The normalized spacial score (nSPS) is 10.8. The van der Waals surface area contributed by atoms with Crippen LogP contribution in [0.2, 0.25) is 0 Å². The van der Waals surface area contributed by atoms with Gasteiger partial charge < -0.3 is 23.7 Å². The van der Waals surface area contributed by atoms with E-state index < -0.39 is 11.9 Å². The zero-order valence-electron chi connectivity index (χ0n) is 16.6. The number of hydrogen-bond acceptors (Lipinski definition) is 7. The third-order valence-electron chi connectivity index (χ3n) is 3.85. The van der Waals surface area contributed by atoms with E-state index in [0.717, 1.165) is 0 Å². The molecule has 2 rings (SSSR count). The maximum atomic E-state index is 12.2. The first kappa shape index (κ1) is 21.6. The molecule has 0 fully saturated rings. The molecular weight excluding hydrogens is 376 g/mol. The maximum Gasteiger partial charge on any atom is 0.336 e. The Hall–Kier alpha value is -3.74. The van der Waals surface area contributed by atoms with Gasteiger partial charge in [0.25, 0.3) is 0 Å². The van der Waals surface area contributed by atoms with Crippen LogP contribution in [0.25, 0.3) is 12.2 Å². The minimum atomic E-state index is -0.592. The maximum absolute atomic E-state index is 12.2. The van der Waals surface area contributed by atoms with Crippen LogP contribution < -0.4 is 18.9 Å². The summed E-state index contributed by atoms with van der Waals surface area (Å²) in [6.07, 6.45) is 5.70. The number of ether oxygens (including phenoxy) is 5. The lowest BCUT2D eigenvalue weighted by molar-refractivity contribution is -0.134. The second-order valence-corrected chi connectivity index (χ2v) is 5.63. The zero-order chi connectivity index (χ0) is 21.2. The Morgan fingerprint density at radius 3 is 2.07 bits per heavy atom. The van der Waals surface area contributed by atoms with Gasteiger partial charge in [0.05, 0.1) is 28.4 Å². The number of carbonyl (C=O) groups excluding carboxylic acids is 2. The summed E-state index contributed by atoms with van der Waals surface area (Å²) in [4.78, 5) is 23.4. The molecule has 0 spiro atoms. The van der Waals surface area contributed by atoms with Crippen molar-refractivity contribution in [2.45, 2.75) is 0 Å². The van der Waals surface area contributed by atoms with Gasteiger partial charge >= 0.3 is 11.9 Å². The minimum absolute atomic E-state index is 0.245. The van der Waals surface area contributed by atoms with Gasteiger partial charge in [-0.15, -0.1) is 0 Å². The van der Waals surface area contributed by atoms with Gasteiger partial charge in [0, 0.05) is 17.7 Å². The van der Waals surface area contributed by atoms with Crippen LogP contribution in [0.1, 0.15) is 11.1 Å². The van der Waals surface area contributed by atoms with Crippen LogP contribution in [0.3, 0.4) is 0 Å². The molecule has 7 nitrogen and oxygen atoms in total. The fourth-order valence-electron chi connectivity index (χ4n) is 2.37. The highest BCUT2D eigenvalue weighted by Gasteiger charge is 2.09. The van der Waals surface area contributed by atoms with Crippen molar-refractivity contribution in [3.8, 4) is 23.0 Å². The molecule has 2 aromatic carbocycles. The van der Waals surface area contributed by atoms with Gasteiger partial charge in [-0.3, -0.25) is 0 Å². The Morgan fingerprint density at radius 1 is 0.724 bits per heavy atom. The summed E-state index contributed by atoms with van der Waals surface area (Å²) in [5, 5.41) is 0. The Bertz CT molecular complexity index is 929. The molecule has 0 amide bonds. The molecule has 0 heterocycles. The molecule has 7 heteroatoms. The quantitative estimate of drug-likeness (QED) is 0.382. The first-order valence-electron chi connectivity index (χ1n) is 8.56. The predicted octanol–water partition coefficient (Wildman–Crippen LogP) is 3.52. The molecule has 0 aliphatic rings. The molecule has 0 N–H and O–H groups in total. The Balaban J connectivity index is 2.15. The Morgan fingerprint density at radius 2 is 1.41 bits per heavy atom. The van der Waals surface area contributed by atoms with E-state index in [-0.39, 0.29) is 5.75 Å². The van der Waals surface area contributed by atoms with E-state index in [1.54, 1.807) is 62.8 Å². The van der Waals surface area contributed by atoms with Gasteiger partial charge in [-0.05, 0) is 48.0 Å². The molecule has 0 aliphatic heterocycles. The van der Waals surface area contributed by atoms with Crippen molar-refractivity contribution >= 4 is 24.1 Å². The lowest BCUT2D eigenvalue weighted by atomic mass is 10.1. The smallest absolute Gasteiger partial charge is 0.336 e. The summed E-state index contributed by atoms with van der Waals surface area (Å²) in [7, 11) is 5.85. The van der Waals surface area contributed by atoms with E-state index in [0.29, 0.717) is 28.4 Å². The van der Waals surface area contributed by atoms with Crippen LogP contribution in [0.15, 0.2) is 48.6 Å². The summed E-state index contributed by atoms with van der Waals surface area (Å²) in [5.74, 6) is 0.751. The van der Waals surface area contributed by atoms with E-state index in [2.05, 4.69) is 4.74 Å². The lowest BCUT2D eigenvalue weighted by Gasteiger charge is -2.09. The van der Waals surface area contributed by atoms with Gasteiger partial charge in [0.2, 0.25) is 0 Å². The fourth-order valence-corrected chi connectivity index (χ4v) is 2.37. The largest absolute Gasteiger partial charge is 0.497 e. The molecule has 0 saturated carbocycles. The lowest BCUT2D eigenvalue weighted by Crippen LogP contribution is -2.05. The Labute approximate surface area is 169 Å². The minimum Gasteiger partial charge on any atom is -0.497 e. The van der Waals surface area contributed by atoms with Gasteiger partial charge in [-0.1, -0.05) is 6.07 Å². The van der Waals surface area contributed by atoms with Crippen LogP contribution in [-0.4, -0.2) is 40.4 Å². The molecule has 0 atom stereocenters. The second-order valence-electron chi connectivity index (χ2n) is 5.63. The van der Waals surface area contributed by atoms with Crippen LogP contribution >= 0.6 is 0 Å². The summed E-state index contributed by atoms with van der Waals surface area (Å²) in [6, 6.07) is 10.1. The van der Waals surface area contributed by atoms with Crippen LogP contribution in [0, 0.1) is 0 Å². The average Bonchev–Trinajstić information content (AvgIpc) is 2.76. The molecule has 0 bridgehead atoms. The number of hydrogen-bond donors (Lipinski definition) is 0. The monoisotopic (exact) mass is 398 g/mol. The van der Waals surface area contributed by atoms with Crippen LogP contribution in [0.5, 0.6) is 23.0 Å². The SMILES string of the molecule is COC(=O)/C=C/c1ccc(OC(=O)/C=C/c2cc(OC)ccc2OC)c(OC)c1. The van der Waals surface area contributed by atoms with Crippen molar-refractivity contribution in [2.24, 2.45) is 0 Å². The summed E-state index contributed by atoms with van der Waals surface area (Å²) < 4.78 is 25.6. The highest BCUT2D eigenvalue weighted by Crippen LogP contribution is 2.29. The van der Waals surface area contributed by atoms with E-state index in [9.17, 15) is 9.59 Å². The van der Waals surface area contributed by atoms with Crippen LogP contribution in [0.4, 0.5) is 0 Å². The number of benzene rings is 2. The van der Waals surface area contributed by atoms with E-state index in [4.69, 9.17) is 18.9 Å². The molecular formula is C22H22O7. The van der Waals surface area contributed by atoms with Crippen molar-refractivity contribution in [1.29, 1.82) is 0 Å².